The number of ether oxygens (including phenoxy) is 2. The number of carbonyl (C=O) groups excluding carboxylic acids is 1. The van der Waals surface area contributed by atoms with Gasteiger partial charge in [0.15, 0.2) is 0 Å². The van der Waals surface area contributed by atoms with Gasteiger partial charge in [0.05, 0.1) is 11.0 Å². The Hall–Kier alpha value is -2.97. The van der Waals surface area contributed by atoms with Gasteiger partial charge in [-0.05, 0) is 83.6 Å². The lowest BCUT2D eigenvalue weighted by Crippen LogP contribution is -2.40. The molecule has 8 nitrogen and oxygen atoms in total. The fourth-order valence-corrected chi connectivity index (χ4v) is 5.29. The smallest absolute Gasteiger partial charge is 0.323 e. The third-order valence-corrected chi connectivity index (χ3v) is 7.38. The fourth-order valence-electron chi connectivity index (χ4n) is 5.29. The molecule has 8 heteroatoms. The van der Waals surface area contributed by atoms with Crippen LogP contribution in [-0.2, 0) is 27.9 Å². The van der Waals surface area contributed by atoms with Crippen molar-refractivity contribution in [3.05, 3.63) is 51.9 Å². The molecule has 0 radical (unpaired) electrons. The standard InChI is InChI=1S/C30H42N4O4/c1-8-24(29(36)38-30(4,5)6)31-17-21-9-10-26-25(16-21)32-27(23-15-19(2)28(35)33(7)18-23)34(26)20(3)22-11-13-37-14-12-22/h9-10,15-16,18,20,22,24,31H,8,11-14,17H2,1-7H3/t20?,24-/m0/s1. The third kappa shape index (κ3) is 6.18. The maximum atomic E-state index is 12.6. The zero-order valence-electron chi connectivity index (χ0n) is 23.8. The summed E-state index contributed by atoms with van der Waals surface area (Å²) in [6.45, 7) is 13.8. The summed E-state index contributed by atoms with van der Waals surface area (Å²) in [5.41, 5.74) is 4.11. The molecule has 2 atom stereocenters. The van der Waals surface area contributed by atoms with Crippen LogP contribution in [0.1, 0.15) is 71.0 Å². The molecule has 1 unspecified atom stereocenters. The van der Waals surface area contributed by atoms with Gasteiger partial charge in [-0.25, -0.2) is 4.98 Å². The molecule has 2 aromatic heterocycles. The van der Waals surface area contributed by atoms with E-state index in [4.69, 9.17) is 14.5 Å². The van der Waals surface area contributed by atoms with Crippen molar-refractivity contribution in [2.24, 2.45) is 13.0 Å². The van der Waals surface area contributed by atoms with Gasteiger partial charge in [0.1, 0.15) is 17.5 Å². The highest BCUT2D eigenvalue weighted by Crippen LogP contribution is 2.35. The average Bonchev–Trinajstić information content (AvgIpc) is 3.25. The Morgan fingerprint density at radius 1 is 1.24 bits per heavy atom. The van der Waals surface area contributed by atoms with Crippen LogP contribution < -0.4 is 10.9 Å². The first-order chi connectivity index (χ1) is 18.0. The second-order valence-corrected chi connectivity index (χ2v) is 11.5. The molecule has 38 heavy (non-hydrogen) atoms. The lowest BCUT2D eigenvalue weighted by atomic mass is 9.92. The van der Waals surface area contributed by atoms with Gasteiger partial charge in [-0.1, -0.05) is 13.0 Å². The molecule has 0 spiro atoms. The molecule has 0 aliphatic carbocycles. The molecule has 0 saturated carbocycles. The summed E-state index contributed by atoms with van der Waals surface area (Å²) in [6.07, 6.45) is 4.54. The van der Waals surface area contributed by atoms with Gasteiger partial charge in [-0.3, -0.25) is 9.59 Å². The minimum absolute atomic E-state index is 0.00212. The number of fused-ring (bicyclic) bond motifs is 1. The number of rotatable bonds is 8. The van der Waals surface area contributed by atoms with E-state index in [0.717, 1.165) is 54.0 Å². The van der Waals surface area contributed by atoms with Gasteiger partial charge in [-0.2, -0.15) is 0 Å². The van der Waals surface area contributed by atoms with Gasteiger partial charge in [-0.15, -0.1) is 0 Å². The van der Waals surface area contributed by atoms with Crippen LogP contribution >= 0.6 is 0 Å². The molecule has 1 aromatic carbocycles. The number of aryl methyl sites for hydroxylation is 2. The Balaban J connectivity index is 1.69. The van der Waals surface area contributed by atoms with E-state index in [9.17, 15) is 9.59 Å². The van der Waals surface area contributed by atoms with Crippen LogP contribution in [0.4, 0.5) is 0 Å². The van der Waals surface area contributed by atoms with Crippen LogP contribution in [0.25, 0.3) is 22.4 Å². The van der Waals surface area contributed by atoms with Crippen LogP contribution in [0.5, 0.6) is 0 Å². The van der Waals surface area contributed by atoms with Crippen LogP contribution in [0.15, 0.2) is 35.3 Å². The summed E-state index contributed by atoms with van der Waals surface area (Å²) in [5, 5.41) is 3.36. The van der Waals surface area contributed by atoms with E-state index in [-0.39, 0.29) is 23.6 Å². The molecule has 1 aliphatic heterocycles. The van der Waals surface area contributed by atoms with Crippen LogP contribution in [-0.4, -0.2) is 44.9 Å². The van der Waals surface area contributed by atoms with E-state index < -0.39 is 5.60 Å². The summed E-state index contributed by atoms with van der Waals surface area (Å²) < 4.78 is 15.2. The van der Waals surface area contributed by atoms with Crippen molar-refractivity contribution in [1.82, 2.24) is 19.4 Å². The first-order valence-corrected chi connectivity index (χ1v) is 13.7. The van der Waals surface area contributed by atoms with Crippen molar-refractivity contribution in [3.63, 3.8) is 0 Å². The molecule has 3 aromatic rings. The Bertz CT molecular complexity index is 1320. The van der Waals surface area contributed by atoms with E-state index in [1.807, 2.05) is 46.9 Å². The molecule has 1 N–H and O–H groups in total. The number of aromatic nitrogens is 3. The molecule has 206 valence electrons. The van der Waals surface area contributed by atoms with Crippen molar-refractivity contribution < 1.29 is 14.3 Å². The largest absolute Gasteiger partial charge is 0.459 e. The normalized spacial score (nSPS) is 16.5. The lowest BCUT2D eigenvalue weighted by Gasteiger charge is -2.30. The minimum Gasteiger partial charge on any atom is -0.459 e. The second kappa shape index (κ2) is 11.4. The maximum absolute atomic E-state index is 12.6. The van der Waals surface area contributed by atoms with E-state index in [2.05, 4.69) is 35.0 Å². The van der Waals surface area contributed by atoms with E-state index in [0.29, 0.717) is 24.4 Å². The van der Waals surface area contributed by atoms with Crippen molar-refractivity contribution in [3.8, 4) is 11.4 Å². The highest BCUT2D eigenvalue weighted by Gasteiger charge is 2.27. The number of imidazole rings is 1. The van der Waals surface area contributed by atoms with E-state index in [1.165, 1.54) is 0 Å². The molecule has 0 amide bonds. The quantitative estimate of drug-likeness (QED) is 0.423. The number of hydrogen-bond acceptors (Lipinski definition) is 6. The molecular formula is C30H42N4O4. The topological polar surface area (TPSA) is 87.4 Å². The maximum Gasteiger partial charge on any atom is 0.323 e. The number of pyridine rings is 1. The molecule has 1 fully saturated rings. The van der Waals surface area contributed by atoms with Gasteiger partial charge in [0, 0.05) is 50.2 Å². The fraction of sp³-hybridized carbons (Fsp3) is 0.567. The Kier molecular flexibility index (Phi) is 8.43. The van der Waals surface area contributed by atoms with Gasteiger partial charge < -0.3 is 23.9 Å². The van der Waals surface area contributed by atoms with Gasteiger partial charge in [0.25, 0.3) is 5.56 Å². The first-order valence-electron chi connectivity index (χ1n) is 13.7. The highest BCUT2D eigenvalue weighted by atomic mass is 16.6. The Morgan fingerprint density at radius 2 is 1.95 bits per heavy atom. The molecule has 0 bridgehead atoms. The minimum atomic E-state index is -0.519. The zero-order valence-corrected chi connectivity index (χ0v) is 23.8. The van der Waals surface area contributed by atoms with Crippen LogP contribution in [0.3, 0.4) is 0 Å². The predicted molar refractivity (Wildman–Crippen MR) is 150 cm³/mol. The van der Waals surface area contributed by atoms with E-state index in [1.54, 1.807) is 11.6 Å². The van der Waals surface area contributed by atoms with Crippen LogP contribution in [0, 0.1) is 12.8 Å². The van der Waals surface area contributed by atoms with Crippen molar-refractivity contribution in [2.75, 3.05) is 13.2 Å². The van der Waals surface area contributed by atoms with Gasteiger partial charge >= 0.3 is 5.97 Å². The van der Waals surface area contributed by atoms with Crippen LogP contribution in [0.2, 0.25) is 0 Å². The molecule has 1 saturated heterocycles. The molecule has 3 heterocycles. The number of hydrogen-bond donors (Lipinski definition) is 1. The summed E-state index contributed by atoms with van der Waals surface area (Å²) in [5.74, 6) is 1.11. The highest BCUT2D eigenvalue weighted by molar-refractivity contribution is 5.82. The van der Waals surface area contributed by atoms with E-state index >= 15 is 0 Å². The number of esters is 1. The SMILES string of the molecule is CC[C@H](NCc1ccc2c(c1)nc(-c1cc(C)c(=O)n(C)c1)n2C(C)C1CCOCC1)C(=O)OC(C)(C)C. The molecular weight excluding hydrogens is 480 g/mol. The molecule has 1 aliphatic rings. The molecule has 4 rings (SSSR count). The number of benzene rings is 1. The zero-order chi connectivity index (χ0) is 27.6. The summed E-state index contributed by atoms with van der Waals surface area (Å²) >= 11 is 0. The number of nitrogens with one attached hydrogen (secondary N) is 1. The predicted octanol–water partition coefficient (Wildman–Crippen LogP) is 4.91. The lowest BCUT2D eigenvalue weighted by molar-refractivity contribution is -0.157. The summed E-state index contributed by atoms with van der Waals surface area (Å²) in [6, 6.07) is 8.10. The first kappa shape index (κ1) is 28.0. The third-order valence-electron chi connectivity index (χ3n) is 7.38. The number of nitrogens with zero attached hydrogens (tertiary/aromatic N) is 3. The average molecular weight is 523 g/mol. The number of carbonyl (C=O) groups is 1. The van der Waals surface area contributed by atoms with Crippen molar-refractivity contribution in [1.29, 1.82) is 0 Å². The second-order valence-electron chi connectivity index (χ2n) is 11.5. The monoisotopic (exact) mass is 522 g/mol. The van der Waals surface area contributed by atoms with Crippen molar-refractivity contribution in [2.45, 2.75) is 85.0 Å². The van der Waals surface area contributed by atoms with Crippen molar-refractivity contribution >= 4 is 17.0 Å². The Labute approximate surface area is 225 Å². The summed E-state index contributed by atoms with van der Waals surface area (Å²) in [4.78, 5) is 30.1. The Morgan fingerprint density at radius 3 is 2.58 bits per heavy atom. The summed E-state index contributed by atoms with van der Waals surface area (Å²) in [7, 11) is 1.78. The van der Waals surface area contributed by atoms with Gasteiger partial charge in [0.2, 0.25) is 0 Å².